The Labute approximate surface area is 129 Å². The number of hydrogen-bond donors (Lipinski definition) is 2. The fraction of sp³-hybridized carbons (Fsp3) is 0.111. The van der Waals surface area contributed by atoms with Crippen LogP contribution in [-0.2, 0) is 6.42 Å². The molecule has 0 aliphatic heterocycles. The van der Waals surface area contributed by atoms with E-state index in [9.17, 15) is 9.59 Å². The summed E-state index contributed by atoms with van der Waals surface area (Å²) in [7, 11) is 0. The monoisotopic (exact) mass is 298 g/mol. The molecule has 114 valence electrons. The van der Waals surface area contributed by atoms with Crippen LogP contribution in [0.5, 0.6) is 0 Å². The van der Waals surface area contributed by atoms with Crippen molar-refractivity contribution in [3.63, 3.8) is 0 Å². The average Bonchev–Trinajstić information content (AvgIpc) is 2.49. The summed E-state index contributed by atoms with van der Waals surface area (Å²) in [5.74, 6) is -2.22. The number of rotatable bonds is 4. The highest BCUT2D eigenvalue weighted by Gasteiger charge is 2.13. The highest BCUT2D eigenvalue weighted by molar-refractivity contribution is 5.96. The second-order valence-corrected chi connectivity index (χ2v) is 4.57. The summed E-state index contributed by atoms with van der Waals surface area (Å²) in [6.45, 7) is 5.14. The molecule has 2 aromatic rings. The quantitative estimate of drug-likeness (QED) is 0.842. The normalized spacial score (nSPS) is 9.32. The third-order valence-electron chi connectivity index (χ3n) is 3.02. The van der Waals surface area contributed by atoms with Crippen LogP contribution in [-0.4, -0.2) is 22.2 Å². The van der Waals surface area contributed by atoms with Crippen molar-refractivity contribution < 1.29 is 19.8 Å². The number of aromatic carboxylic acids is 2. The highest BCUT2D eigenvalue weighted by Crippen LogP contribution is 2.13. The second-order valence-electron chi connectivity index (χ2n) is 4.57. The van der Waals surface area contributed by atoms with Crippen molar-refractivity contribution in [2.45, 2.75) is 13.3 Å². The number of carboxylic acids is 2. The lowest BCUT2D eigenvalue weighted by molar-refractivity contribution is 0.0696. The first-order valence-corrected chi connectivity index (χ1v) is 6.68. The van der Waals surface area contributed by atoms with E-state index in [4.69, 9.17) is 10.2 Å². The zero-order chi connectivity index (χ0) is 16.5. The van der Waals surface area contributed by atoms with Crippen molar-refractivity contribution in [3.05, 3.63) is 83.4 Å². The van der Waals surface area contributed by atoms with Crippen molar-refractivity contribution in [3.8, 4) is 0 Å². The summed E-state index contributed by atoms with van der Waals surface area (Å²) in [5.41, 5.74) is 1.66. The predicted octanol–water partition coefficient (Wildman–Crippen LogP) is 3.81. The zero-order valence-corrected chi connectivity index (χ0v) is 12.3. The molecule has 2 aromatic carbocycles. The van der Waals surface area contributed by atoms with Gasteiger partial charge in [0.2, 0.25) is 0 Å². The first kappa shape index (κ1) is 17.2. The molecule has 2 rings (SSSR count). The maximum absolute atomic E-state index is 10.6. The second kappa shape index (κ2) is 8.42. The molecule has 0 heterocycles. The van der Waals surface area contributed by atoms with Crippen LogP contribution in [0.25, 0.3) is 0 Å². The van der Waals surface area contributed by atoms with Gasteiger partial charge in [0.05, 0.1) is 11.1 Å². The topological polar surface area (TPSA) is 74.6 Å². The van der Waals surface area contributed by atoms with Gasteiger partial charge in [-0.25, -0.2) is 9.59 Å². The van der Waals surface area contributed by atoms with Crippen molar-refractivity contribution in [2.75, 3.05) is 0 Å². The molecule has 0 aliphatic rings. The van der Waals surface area contributed by atoms with Crippen LogP contribution in [0.15, 0.2) is 61.2 Å². The first-order valence-electron chi connectivity index (χ1n) is 6.68. The van der Waals surface area contributed by atoms with E-state index < -0.39 is 11.9 Å². The minimum absolute atomic E-state index is 0.0277. The number of allylic oxidation sites excluding steroid dienone is 1. The van der Waals surface area contributed by atoms with Crippen LogP contribution in [0, 0.1) is 6.92 Å². The van der Waals surface area contributed by atoms with E-state index in [1.165, 1.54) is 30.7 Å². The highest BCUT2D eigenvalue weighted by atomic mass is 16.4. The first-order chi connectivity index (χ1) is 10.5. The van der Waals surface area contributed by atoms with Gasteiger partial charge < -0.3 is 10.2 Å². The molecule has 0 aromatic heterocycles. The maximum Gasteiger partial charge on any atom is 0.335 e. The van der Waals surface area contributed by atoms with Gasteiger partial charge in [-0.2, -0.15) is 0 Å². The number of carboxylic acid groups (broad SMARTS) is 2. The summed E-state index contributed by atoms with van der Waals surface area (Å²) >= 11 is 0. The Balaban J connectivity index is 0.000000235. The van der Waals surface area contributed by atoms with Gasteiger partial charge >= 0.3 is 11.9 Å². The van der Waals surface area contributed by atoms with Crippen molar-refractivity contribution >= 4 is 11.9 Å². The van der Waals surface area contributed by atoms with Crippen molar-refractivity contribution in [2.24, 2.45) is 0 Å². The van der Waals surface area contributed by atoms with Gasteiger partial charge in [0.15, 0.2) is 0 Å². The maximum atomic E-state index is 10.6. The Kier molecular flexibility index (Phi) is 6.57. The molecular formula is C18H18O4. The van der Waals surface area contributed by atoms with Gasteiger partial charge in [-0.1, -0.05) is 42.5 Å². The number of carbonyl (C=O) groups is 2. The molecule has 0 saturated heterocycles. The summed E-state index contributed by atoms with van der Waals surface area (Å²) in [6.07, 6.45) is 2.89. The molecular weight excluding hydrogens is 280 g/mol. The van der Waals surface area contributed by atoms with Crippen LogP contribution in [0.2, 0.25) is 0 Å². The molecule has 0 bridgehead atoms. The minimum atomic E-state index is -1.11. The third-order valence-corrected chi connectivity index (χ3v) is 3.02. The lowest BCUT2D eigenvalue weighted by Crippen LogP contribution is -2.06. The molecule has 4 nitrogen and oxygen atoms in total. The van der Waals surface area contributed by atoms with E-state index in [-0.39, 0.29) is 16.7 Å². The van der Waals surface area contributed by atoms with Gasteiger partial charge in [-0.3, -0.25) is 0 Å². The Morgan fingerprint density at radius 1 is 0.955 bits per heavy atom. The molecule has 22 heavy (non-hydrogen) atoms. The van der Waals surface area contributed by atoms with E-state index in [0.29, 0.717) is 0 Å². The Morgan fingerprint density at radius 2 is 1.45 bits per heavy atom. The molecule has 2 N–H and O–H groups in total. The number of hydrogen-bond acceptors (Lipinski definition) is 2. The van der Waals surface area contributed by atoms with Crippen LogP contribution in [0.1, 0.15) is 31.8 Å². The zero-order valence-electron chi connectivity index (χ0n) is 12.3. The minimum Gasteiger partial charge on any atom is -0.478 e. The standard InChI is InChI=1S/C9H8O4.C9H10/c1-5-6(8(10)11)3-2-4-7(5)9(12)13;1-2-6-9-7-4-3-5-8-9/h2-4H,1H3,(H,10,11)(H,12,13);2-5,7-8H,1,6H2. The van der Waals surface area contributed by atoms with E-state index in [1.54, 1.807) is 0 Å². The van der Waals surface area contributed by atoms with Crippen LogP contribution in [0.4, 0.5) is 0 Å². The van der Waals surface area contributed by atoms with Crippen LogP contribution in [0.3, 0.4) is 0 Å². The third kappa shape index (κ3) is 4.90. The van der Waals surface area contributed by atoms with Crippen LogP contribution >= 0.6 is 0 Å². The average molecular weight is 298 g/mol. The SMILES string of the molecule is C=CCc1ccccc1.Cc1c(C(=O)O)cccc1C(=O)O. The van der Waals surface area contributed by atoms with Crippen LogP contribution < -0.4 is 0 Å². The van der Waals surface area contributed by atoms with Gasteiger partial charge in [-0.05, 0) is 36.6 Å². The van der Waals surface area contributed by atoms with Gasteiger partial charge in [-0.15, -0.1) is 6.58 Å². The Bertz CT molecular complexity index is 628. The summed E-state index contributed by atoms with van der Waals surface area (Å²) < 4.78 is 0. The molecule has 0 spiro atoms. The van der Waals surface area contributed by atoms with Gasteiger partial charge in [0.25, 0.3) is 0 Å². The van der Waals surface area contributed by atoms with Gasteiger partial charge in [0, 0.05) is 0 Å². The van der Waals surface area contributed by atoms with E-state index in [2.05, 4.69) is 18.7 Å². The fourth-order valence-corrected chi connectivity index (χ4v) is 1.88. The molecule has 0 atom stereocenters. The van der Waals surface area contributed by atoms with E-state index >= 15 is 0 Å². The molecule has 0 aliphatic carbocycles. The lowest BCUT2D eigenvalue weighted by Gasteiger charge is -2.03. The van der Waals surface area contributed by atoms with E-state index in [1.807, 2.05) is 24.3 Å². The molecule has 0 unspecified atom stereocenters. The molecule has 0 amide bonds. The number of benzene rings is 2. The summed E-state index contributed by atoms with van der Waals surface area (Å²) in [6, 6.07) is 14.5. The molecule has 0 radical (unpaired) electrons. The van der Waals surface area contributed by atoms with Crippen molar-refractivity contribution in [1.29, 1.82) is 0 Å². The predicted molar refractivity (Wildman–Crippen MR) is 85.4 cm³/mol. The van der Waals surface area contributed by atoms with Crippen molar-refractivity contribution in [1.82, 2.24) is 0 Å². The fourth-order valence-electron chi connectivity index (χ4n) is 1.88. The Morgan fingerprint density at radius 3 is 1.86 bits per heavy atom. The lowest BCUT2D eigenvalue weighted by atomic mass is 10.0. The largest absolute Gasteiger partial charge is 0.478 e. The molecule has 0 saturated carbocycles. The smallest absolute Gasteiger partial charge is 0.335 e. The Hall–Kier alpha value is -2.88. The molecule has 0 fully saturated rings. The molecule has 4 heteroatoms. The summed E-state index contributed by atoms with van der Waals surface area (Å²) in [4.78, 5) is 21.2. The van der Waals surface area contributed by atoms with E-state index in [0.717, 1.165) is 6.42 Å². The van der Waals surface area contributed by atoms with Gasteiger partial charge in [0.1, 0.15) is 0 Å². The summed E-state index contributed by atoms with van der Waals surface area (Å²) in [5, 5.41) is 17.4.